The lowest BCUT2D eigenvalue weighted by Gasteiger charge is -2.11. The third-order valence-electron chi connectivity index (χ3n) is 3.66. The molecule has 142 valence electrons. The number of hydrogen-bond donors (Lipinski definition) is 3. The first-order chi connectivity index (χ1) is 13.0. The van der Waals surface area contributed by atoms with Crippen LogP contribution in [-0.4, -0.2) is 24.0 Å². The van der Waals surface area contributed by atoms with Crippen LogP contribution in [0.25, 0.3) is 0 Å². The molecule has 2 rings (SSSR count). The van der Waals surface area contributed by atoms with E-state index in [0.29, 0.717) is 17.8 Å². The van der Waals surface area contributed by atoms with Crippen molar-refractivity contribution < 1.29 is 14.3 Å². The van der Waals surface area contributed by atoms with Crippen LogP contribution in [0.4, 0.5) is 11.4 Å². The first-order valence-electron chi connectivity index (χ1n) is 8.64. The van der Waals surface area contributed by atoms with Crippen molar-refractivity contribution in [3.8, 4) is 5.75 Å². The Hall–Kier alpha value is -2.93. The van der Waals surface area contributed by atoms with Crippen molar-refractivity contribution in [2.45, 2.75) is 26.2 Å². The first-order valence-corrected chi connectivity index (χ1v) is 9.04. The van der Waals surface area contributed by atoms with E-state index in [1.54, 1.807) is 43.5 Å². The van der Waals surface area contributed by atoms with Gasteiger partial charge in [-0.1, -0.05) is 25.1 Å². The van der Waals surface area contributed by atoms with Crippen molar-refractivity contribution in [2.75, 3.05) is 17.7 Å². The highest BCUT2D eigenvalue weighted by Crippen LogP contribution is 2.16. The van der Waals surface area contributed by atoms with Crippen molar-refractivity contribution in [1.82, 2.24) is 5.32 Å². The van der Waals surface area contributed by atoms with Crippen LogP contribution in [0.2, 0.25) is 0 Å². The summed E-state index contributed by atoms with van der Waals surface area (Å²) in [5.41, 5.74) is 2.21. The molecule has 0 fully saturated rings. The Labute approximate surface area is 164 Å². The SMILES string of the molecule is CCCC(=O)Nc1cccc(NC(=S)NC(=O)Cc2ccc(OC)cc2)c1. The van der Waals surface area contributed by atoms with Gasteiger partial charge in [0.05, 0.1) is 13.5 Å². The molecule has 0 aromatic heterocycles. The first kappa shape index (κ1) is 20.4. The number of amides is 2. The van der Waals surface area contributed by atoms with E-state index in [2.05, 4.69) is 16.0 Å². The molecule has 0 saturated heterocycles. The van der Waals surface area contributed by atoms with E-state index in [1.807, 2.05) is 19.1 Å². The highest BCUT2D eigenvalue weighted by molar-refractivity contribution is 7.80. The second-order valence-electron chi connectivity index (χ2n) is 5.91. The number of carbonyl (C=O) groups is 2. The van der Waals surface area contributed by atoms with Crippen LogP contribution in [0.15, 0.2) is 48.5 Å². The van der Waals surface area contributed by atoms with E-state index in [9.17, 15) is 9.59 Å². The number of benzene rings is 2. The van der Waals surface area contributed by atoms with Gasteiger partial charge in [-0.25, -0.2) is 0 Å². The second-order valence-corrected chi connectivity index (χ2v) is 6.31. The fraction of sp³-hybridized carbons (Fsp3) is 0.250. The molecular weight excluding hydrogens is 362 g/mol. The summed E-state index contributed by atoms with van der Waals surface area (Å²) in [5.74, 6) is 0.484. The molecule has 0 bridgehead atoms. The van der Waals surface area contributed by atoms with Gasteiger partial charge in [0, 0.05) is 17.8 Å². The summed E-state index contributed by atoms with van der Waals surface area (Å²) in [6.07, 6.45) is 1.46. The topological polar surface area (TPSA) is 79.5 Å². The van der Waals surface area contributed by atoms with Gasteiger partial charge < -0.3 is 20.7 Å². The molecule has 0 heterocycles. The molecule has 0 unspecified atom stereocenters. The van der Waals surface area contributed by atoms with Crippen LogP contribution in [-0.2, 0) is 16.0 Å². The van der Waals surface area contributed by atoms with Gasteiger partial charge in [-0.05, 0) is 54.5 Å². The minimum Gasteiger partial charge on any atom is -0.497 e. The fourth-order valence-electron chi connectivity index (χ4n) is 2.39. The molecule has 27 heavy (non-hydrogen) atoms. The molecule has 6 nitrogen and oxygen atoms in total. The largest absolute Gasteiger partial charge is 0.497 e. The van der Waals surface area contributed by atoms with Crippen LogP contribution in [0.5, 0.6) is 5.75 Å². The highest BCUT2D eigenvalue weighted by Gasteiger charge is 2.07. The van der Waals surface area contributed by atoms with Gasteiger partial charge in [-0.15, -0.1) is 0 Å². The predicted octanol–water partition coefficient (Wildman–Crippen LogP) is 3.49. The zero-order valence-corrected chi connectivity index (χ0v) is 16.2. The predicted molar refractivity (Wildman–Crippen MR) is 111 cm³/mol. The van der Waals surface area contributed by atoms with Gasteiger partial charge in [-0.3, -0.25) is 9.59 Å². The molecule has 0 saturated carbocycles. The molecule has 2 aromatic carbocycles. The van der Waals surface area contributed by atoms with E-state index >= 15 is 0 Å². The number of thiocarbonyl (C=S) groups is 1. The minimum absolute atomic E-state index is 0.0370. The molecule has 2 amide bonds. The van der Waals surface area contributed by atoms with E-state index in [-0.39, 0.29) is 23.3 Å². The zero-order chi connectivity index (χ0) is 19.6. The fourth-order valence-corrected chi connectivity index (χ4v) is 2.62. The number of anilines is 2. The maximum atomic E-state index is 12.1. The van der Waals surface area contributed by atoms with Crippen molar-refractivity contribution in [3.05, 3.63) is 54.1 Å². The average molecular weight is 385 g/mol. The maximum Gasteiger partial charge on any atom is 0.230 e. The Morgan fingerprint density at radius 1 is 1.00 bits per heavy atom. The van der Waals surface area contributed by atoms with Gasteiger partial charge in [0.2, 0.25) is 11.8 Å². The van der Waals surface area contributed by atoms with Gasteiger partial charge in [0.1, 0.15) is 5.75 Å². The molecule has 0 spiro atoms. The van der Waals surface area contributed by atoms with E-state index in [0.717, 1.165) is 17.7 Å². The molecule has 2 aromatic rings. The standard InChI is InChI=1S/C20H23N3O3S/c1-3-5-18(24)21-15-6-4-7-16(13-15)22-20(27)23-19(25)12-14-8-10-17(26-2)11-9-14/h4,6-11,13H,3,5,12H2,1-2H3,(H,21,24)(H2,22,23,25,27). The van der Waals surface area contributed by atoms with Crippen LogP contribution in [0.3, 0.4) is 0 Å². The van der Waals surface area contributed by atoms with Crippen molar-refractivity contribution >= 4 is 40.5 Å². The lowest BCUT2D eigenvalue weighted by atomic mass is 10.1. The summed E-state index contributed by atoms with van der Waals surface area (Å²) in [6.45, 7) is 1.95. The van der Waals surface area contributed by atoms with Crippen LogP contribution < -0.4 is 20.7 Å². The number of hydrogen-bond acceptors (Lipinski definition) is 4. The number of ether oxygens (including phenoxy) is 1. The molecule has 3 N–H and O–H groups in total. The van der Waals surface area contributed by atoms with Crippen molar-refractivity contribution in [1.29, 1.82) is 0 Å². The second kappa shape index (κ2) is 10.3. The lowest BCUT2D eigenvalue weighted by molar-refractivity contribution is -0.119. The Kier molecular flexibility index (Phi) is 7.76. The Balaban J connectivity index is 1.87. The van der Waals surface area contributed by atoms with Gasteiger partial charge in [-0.2, -0.15) is 0 Å². The maximum absolute atomic E-state index is 12.1. The Morgan fingerprint density at radius 2 is 1.67 bits per heavy atom. The van der Waals surface area contributed by atoms with Crippen LogP contribution in [0, 0.1) is 0 Å². The molecule has 0 aliphatic carbocycles. The number of rotatable bonds is 7. The molecule has 7 heteroatoms. The third kappa shape index (κ3) is 7.07. The van der Waals surface area contributed by atoms with E-state index in [1.165, 1.54) is 0 Å². The van der Waals surface area contributed by atoms with Gasteiger partial charge >= 0.3 is 0 Å². The van der Waals surface area contributed by atoms with Crippen molar-refractivity contribution in [2.24, 2.45) is 0 Å². The minimum atomic E-state index is -0.218. The summed E-state index contributed by atoms with van der Waals surface area (Å²) in [7, 11) is 1.59. The quantitative estimate of drug-likeness (QED) is 0.636. The van der Waals surface area contributed by atoms with Crippen LogP contribution in [0.1, 0.15) is 25.3 Å². The van der Waals surface area contributed by atoms with E-state index < -0.39 is 0 Å². The lowest BCUT2D eigenvalue weighted by Crippen LogP contribution is -2.35. The molecule has 0 radical (unpaired) electrons. The number of methoxy groups -OCH3 is 1. The molecule has 0 atom stereocenters. The monoisotopic (exact) mass is 385 g/mol. The number of carbonyl (C=O) groups excluding carboxylic acids is 2. The van der Waals surface area contributed by atoms with Gasteiger partial charge in [0.15, 0.2) is 5.11 Å². The van der Waals surface area contributed by atoms with E-state index in [4.69, 9.17) is 17.0 Å². The third-order valence-corrected chi connectivity index (χ3v) is 3.86. The Morgan fingerprint density at radius 3 is 2.30 bits per heavy atom. The van der Waals surface area contributed by atoms with Gasteiger partial charge in [0.25, 0.3) is 0 Å². The summed E-state index contributed by atoms with van der Waals surface area (Å²) in [6, 6.07) is 14.4. The average Bonchev–Trinajstić information content (AvgIpc) is 2.62. The molecular formula is C20H23N3O3S. The normalized spacial score (nSPS) is 10.0. The number of nitrogens with one attached hydrogen (secondary N) is 3. The summed E-state index contributed by atoms with van der Waals surface area (Å²) in [5, 5.41) is 8.62. The van der Waals surface area contributed by atoms with Crippen molar-refractivity contribution in [3.63, 3.8) is 0 Å². The summed E-state index contributed by atoms with van der Waals surface area (Å²) < 4.78 is 5.09. The smallest absolute Gasteiger partial charge is 0.230 e. The summed E-state index contributed by atoms with van der Waals surface area (Å²) >= 11 is 5.19. The highest BCUT2D eigenvalue weighted by atomic mass is 32.1. The summed E-state index contributed by atoms with van der Waals surface area (Å²) in [4.78, 5) is 23.8. The molecule has 0 aliphatic rings. The Bertz CT molecular complexity index is 806. The zero-order valence-electron chi connectivity index (χ0n) is 15.4. The molecule has 0 aliphatic heterocycles. The van der Waals surface area contributed by atoms with Crippen LogP contribution >= 0.6 is 12.2 Å².